The fraction of sp³-hybridized carbons (Fsp3) is 0. The average Bonchev–Trinajstić information content (AvgIpc) is 3.83. The molecule has 0 fully saturated rings. The van der Waals surface area contributed by atoms with Crippen LogP contribution < -0.4 is 0 Å². The quantitative estimate of drug-likeness (QED) is 0.190. The van der Waals surface area contributed by atoms with E-state index in [9.17, 15) is 0 Å². The lowest BCUT2D eigenvalue weighted by atomic mass is 10.0. The maximum absolute atomic E-state index is 4.96. The molecular weight excluding hydrogens is 623 g/mol. The van der Waals surface area contributed by atoms with E-state index in [0.29, 0.717) is 0 Å². The van der Waals surface area contributed by atoms with Crippen LogP contribution in [0.3, 0.4) is 0 Å². The van der Waals surface area contributed by atoms with Gasteiger partial charge in [-0.2, -0.15) is 0 Å². The van der Waals surface area contributed by atoms with Crippen LogP contribution in [0.15, 0.2) is 176 Å². The summed E-state index contributed by atoms with van der Waals surface area (Å²) in [6.45, 7) is 0. The number of benzene rings is 6. The number of aromatic nitrogens is 5. The maximum Gasteiger partial charge on any atom is 0.145 e. The van der Waals surface area contributed by atoms with Crippen molar-refractivity contribution >= 4 is 65.5 Å². The van der Waals surface area contributed by atoms with Crippen LogP contribution in [-0.4, -0.2) is 23.7 Å². The standard InChI is InChI=1S/C46H29N5/c1-2-10-30(11-3-1)31-19-21-43-38(26-31)40-29-47-25-23-45(40)49(43)32-12-8-13-33(27-32)51-44-22-20-34(28-39(44)37-16-9-24-48-46(37)51)50-41-17-6-4-14-35(41)36-15-5-7-18-42(36)50/h1-29H. The normalized spacial score (nSPS) is 11.9. The number of para-hydroxylation sites is 2. The van der Waals surface area contributed by atoms with Gasteiger partial charge in [-0.3, -0.25) is 9.55 Å². The molecule has 0 atom stereocenters. The first-order chi connectivity index (χ1) is 25.3. The van der Waals surface area contributed by atoms with Crippen molar-refractivity contribution in [3.8, 4) is 28.2 Å². The monoisotopic (exact) mass is 651 g/mol. The highest BCUT2D eigenvalue weighted by molar-refractivity contribution is 6.12. The van der Waals surface area contributed by atoms with E-state index in [-0.39, 0.29) is 0 Å². The summed E-state index contributed by atoms with van der Waals surface area (Å²) in [4.78, 5) is 9.49. The predicted octanol–water partition coefficient (Wildman–Crippen LogP) is 11.4. The zero-order chi connectivity index (χ0) is 33.5. The maximum atomic E-state index is 4.96. The molecule has 5 nitrogen and oxygen atoms in total. The first-order valence-corrected chi connectivity index (χ1v) is 17.2. The summed E-state index contributed by atoms with van der Waals surface area (Å²) in [6, 6.07) is 56.6. The smallest absolute Gasteiger partial charge is 0.145 e. The summed E-state index contributed by atoms with van der Waals surface area (Å²) in [5.74, 6) is 0. The molecule has 0 aliphatic rings. The van der Waals surface area contributed by atoms with E-state index in [2.05, 4.69) is 170 Å². The highest BCUT2D eigenvalue weighted by atomic mass is 15.1. The van der Waals surface area contributed by atoms with Gasteiger partial charge in [0, 0.05) is 68.0 Å². The third-order valence-corrected chi connectivity index (χ3v) is 10.4. The Balaban J connectivity index is 1.12. The van der Waals surface area contributed by atoms with Gasteiger partial charge in [0.05, 0.1) is 27.6 Å². The summed E-state index contributed by atoms with van der Waals surface area (Å²) in [5.41, 5.74) is 12.4. The summed E-state index contributed by atoms with van der Waals surface area (Å²) >= 11 is 0. The molecule has 0 amide bonds. The van der Waals surface area contributed by atoms with Gasteiger partial charge >= 0.3 is 0 Å². The van der Waals surface area contributed by atoms with Crippen molar-refractivity contribution in [2.75, 3.05) is 0 Å². The number of fused-ring (bicyclic) bond motifs is 9. The van der Waals surface area contributed by atoms with Gasteiger partial charge in [-0.1, -0.05) is 78.9 Å². The highest BCUT2D eigenvalue weighted by Gasteiger charge is 2.19. The van der Waals surface area contributed by atoms with Crippen molar-refractivity contribution in [3.63, 3.8) is 0 Å². The third-order valence-electron chi connectivity index (χ3n) is 10.4. The zero-order valence-electron chi connectivity index (χ0n) is 27.5. The highest BCUT2D eigenvalue weighted by Crippen LogP contribution is 2.38. The van der Waals surface area contributed by atoms with Crippen molar-refractivity contribution in [3.05, 3.63) is 176 Å². The molecule has 5 heteroatoms. The Morgan fingerprint density at radius 3 is 1.75 bits per heavy atom. The summed E-state index contributed by atoms with van der Waals surface area (Å²) in [5, 5.41) is 7.11. The minimum Gasteiger partial charge on any atom is -0.309 e. The van der Waals surface area contributed by atoms with Crippen LogP contribution >= 0.6 is 0 Å². The number of nitrogens with zero attached hydrogens (tertiary/aromatic N) is 5. The number of hydrogen-bond acceptors (Lipinski definition) is 2. The fourth-order valence-electron chi connectivity index (χ4n) is 8.16. The lowest BCUT2D eigenvalue weighted by molar-refractivity contribution is 1.11. The Labute approximate surface area is 292 Å². The van der Waals surface area contributed by atoms with Gasteiger partial charge in [0.15, 0.2) is 0 Å². The minimum atomic E-state index is 0.933. The van der Waals surface area contributed by atoms with Crippen LogP contribution in [0.25, 0.3) is 93.7 Å². The van der Waals surface area contributed by atoms with Crippen molar-refractivity contribution in [1.29, 1.82) is 0 Å². The first kappa shape index (κ1) is 27.9. The average molecular weight is 652 g/mol. The van der Waals surface area contributed by atoms with E-state index < -0.39 is 0 Å². The van der Waals surface area contributed by atoms with Gasteiger partial charge in [-0.05, 0) is 90.0 Å². The third kappa shape index (κ3) is 4.09. The van der Waals surface area contributed by atoms with E-state index in [1.807, 2.05) is 24.7 Å². The molecule has 6 aromatic carbocycles. The molecule has 0 spiro atoms. The fourth-order valence-corrected chi connectivity index (χ4v) is 8.16. The SMILES string of the molecule is c1ccc(-c2ccc3c(c2)c2cnccc2n3-c2cccc(-n3c4ccc(-n5c6ccccc6c6ccccc65)cc4c4cccnc43)c2)cc1. The summed E-state index contributed by atoms with van der Waals surface area (Å²) < 4.78 is 7.03. The van der Waals surface area contributed by atoms with Crippen LogP contribution in [0.4, 0.5) is 0 Å². The number of hydrogen-bond donors (Lipinski definition) is 0. The molecule has 51 heavy (non-hydrogen) atoms. The van der Waals surface area contributed by atoms with E-state index >= 15 is 0 Å². The van der Waals surface area contributed by atoms with Gasteiger partial charge in [0.25, 0.3) is 0 Å². The zero-order valence-corrected chi connectivity index (χ0v) is 27.5. The van der Waals surface area contributed by atoms with Crippen molar-refractivity contribution < 1.29 is 0 Å². The van der Waals surface area contributed by atoms with Gasteiger partial charge in [-0.15, -0.1) is 0 Å². The van der Waals surface area contributed by atoms with Crippen LogP contribution in [0.1, 0.15) is 0 Å². The van der Waals surface area contributed by atoms with Crippen molar-refractivity contribution in [2.24, 2.45) is 0 Å². The minimum absolute atomic E-state index is 0.933. The Morgan fingerprint density at radius 1 is 0.333 bits per heavy atom. The topological polar surface area (TPSA) is 40.6 Å². The number of pyridine rings is 2. The molecule has 5 aromatic heterocycles. The Bertz CT molecular complexity index is 3090. The van der Waals surface area contributed by atoms with Crippen LogP contribution in [0.2, 0.25) is 0 Å². The lowest BCUT2D eigenvalue weighted by Gasteiger charge is -2.13. The van der Waals surface area contributed by atoms with Gasteiger partial charge < -0.3 is 9.13 Å². The predicted molar refractivity (Wildman–Crippen MR) is 210 cm³/mol. The van der Waals surface area contributed by atoms with Crippen molar-refractivity contribution in [2.45, 2.75) is 0 Å². The Hall–Kier alpha value is -6.98. The molecule has 0 saturated heterocycles. The van der Waals surface area contributed by atoms with E-state index in [1.165, 1.54) is 43.7 Å². The van der Waals surface area contributed by atoms with Crippen LogP contribution in [0.5, 0.6) is 0 Å². The van der Waals surface area contributed by atoms with E-state index in [1.54, 1.807) is 0 Å². The molecule has 11 rings (SSSR count). The molecule has 0 aliphatic carbocycles. The molecule has 238 valence electrons. The van der Waals surface area contributed by atoms with Gasteiger partial charge in [0.2, 0.25) is 0 Å². The largest absolute Gasteiger partial charge is 0.309 e. The molecule has 0 unspecified atom stereocenters. The van der Waals surface area contributed by atoms with Crippen molar-refractivity contribution in [1.82, 2.24) is 23.7 Å². The molecule has 0 radical (unpaired) electrons. The van der Waals surface area contributed by atoms with E-state index in [0.717, 1.165) is 50.0 Å². The van der Waals surface area contributed by atoms with Gasteiger partial charge in [0.1, 0.15) is 5.65 Å². The molecule has 5 heterocycles. The first-order valence-electron chi connectivity index (χ1n) is 17.2. The second-order valence-corrected chi connectivity index (χ2v) is 13.1. The number of rotatable bonds is 4. The lowest BCUT2D eigenvalue weighted by Crippen LogP contribution is -1.99. The Kier molecular flexibility index (Phi) is 5.89. The molecule has 0 bridgehead atoms. The molecule has 0 saturated carbocycles. The Morgan fingerprint density at radius 2 is 0.941 bits per heavy atom. The molecule has 0 aliphatic heterocycles. The van der Waals surface area contributed by atoms with Crippen LogP contribution in [-0.2, 0) is 0 Å². The van der Waals surface area contributed by atoms with Gasteiger partial charge in [-0.25, -0.2) is 4.98 Å². The molecular formula is C46H29N5. The van der Waals surface area contributed by atoms with Crippen LogP contribution in [0, 0.1) is 0 Å². The molecule has 0 N–H and O–H groups in total. The second-order valence-electron chi connectivity index (χ2n) is 13.1. The van der Waals surface area contributed by atoms with E-state index in [4.69, 9.17) is 4.98 Å². The molecule has 11 aromatic rings. The second kappa shape index (κ2) is 10.8. The summed E-state index contributed by atoms with van der Waals surface area (Å²) in [7, 11) is 0. The summed E-state index contributed by atoms with van der Waals surface area (Å²) in [6.07, 6.45) is 5.75.